The van der Waals surface area contributed by atoms with Gasteiger partial charge in [-0.1, -0.05) is 12.2 Å². The van der Waals surface area contributed by atoms with Crippen molar-refractivity contribution in [1.82, 2.24) is 20.0 Å². The van der Waals surface area contributed by atoms with E-state index in [1.165, 1.54) is 0 Å². The van der Waals surface area contributed by atoms with Crippen LogP contribution < -0.4 is 5.32 Å². The van der Waals surface area contributed by atoms with Gasteiger partial charge >= 0.3 is 6.09 Å². The van der Waals surface area contributed by atoms with E-state index in [1.54, 1.807) is 9.80 Å². The highest BCUT2D eigenvalue weighted by atomic mass is 16.6. The van der Waals surface area contributed by atoms with Gasteiger partial charge in [0, 0.05) is 31.7 Å². The lowest BCUT2D eigenvalue weighted by atomic mass is 10.1. The Bertz CT molecular complexity index is 734. The molecule has 4 rings (SSSR count). The molecule has 180 valence electrons. The van der Waals surface area contributed by atoms with Gasteiger partial charge in [-0.25, -0.2) is 4.79 Å². The number of carbonyl (C=O) groups excluding carboxylic acids is 3. The molecular weight excluding hydrogens is 412 g/mol. The van der Waals surface area contributed by atoms with Gasteiger partial charge in [-0.3, -0.25) is 14.5 Å². The molecule has 4 atom stereocenters. The molecule has 4 saturated heterocycles. The Morgan fingerprint density at radius 1 is 1.19 bits per heavy atom. The first-order valence-corrected chi connectivity index (χ1v) is 11.7. The molecule has 4 aliphatic heterocycles. The van der Waals surface area contributed by atoms with Gasteiger partial charge in [0.15, 0.2) is 0 Å². The van der Waals surface area contributed by atoms with Crippen LogP contribution in [0.4, 0.5) is 4.79 Å². The number of fused-ring (bicyclic) bond motifs is 2. The molecule has 0 saturated carbocycles. The highest BCUT2D eigenvalue weighted by molar-refractivity contribution is 5.95. The Balaban J connectivity index is 0.000000186. The summed E-state index contributed by atoms with van der Waals surface area (Å²) in [6.45, 7) is 10.2. The highest BCUT2D eigenvalue weighted by Gasteiger charge is 2.42. The van der Waals surface area contributed by atoms with Crippen LogP contribution in [-0.2, 0) is 14.3 Å². The normalized spacial score (nSPS) is 30.5. The summed E-state index contributed by atoms with van der Waals surface area (Å²) in [7, 11) is 0. The molecule has 0 aromatic rings. The van der Waals surface area contributed by atoms with Crippen LogP contribution in [0, 0.1) is 0 Å². The van der Waals surface area contributed by atoms with E-state index in [9.17, 15) is 19.5 Å². The van der Waals surface area contributed by atoms with Crippen molar-refractivity contribution in [2.45, 2.75) is 83.1 Å². The maximum Gasteiger partial charge on any atom is 0.410 e. The maximum atomic E-state index is 12.0. The van der Waals surface area contributed by atoms with Crippen molar-refractivity contribution in [2.75, 3.05) is 32.8 Å². The first-order chi connectivity index (χ1) is 15.1. The molecule has 0 spiro atoms. The molecule has 0 aliphatic carbocycles. The third-order valence-electron chi connectivity index (χ3n) is 6.54. The molecule has 2 N–H and O–H groups in total. The predicted molar refractivity (Wildman–Crippen MR) is 120 cm³/mol. The lowest BCUT2D eigenvalue weighted by molar-refractivity contribution is -0.144. The zero-order valence-corrected chi connectivity index (χ0v) is 19.7. The molecule has 4 aliphatic rings. The fraction of sp³-hybridized carbons (Fsp3) is 0.783. The van der Waals surface area contributed by atoms with E-state index in [1.807, 2.05) is 39.8 Å². The smallest absolute Gasteiger partial charge is 0.410 e. The van der Waals surface area contributed by atoms with Crippen molar-refractivity contribution in [3.8, 4) is 0 Å². The minimum atomic E-state index is -0.433. The van der Waals surface area contributed by atoms with Crippen molar-refractivity contribution in [2.24, 2.45) is 0 Å². The second kappa shape index (κ2) is 10.2. The third kappa shape index (κ3) is 5.61. The van der Waals surface area contributed by atoms with Crippen molar-refractivity contribution < 1.29 is 24.2 Å². The van der Waals surface area contributed by atoms with Crippen molar-refractivity contribution in [3.63, 3.8) is 0 Å². The Hall–Kier alpha value is -2.13. The quantitative estimate of drug-likeness (QED) is 0.611. The van der Waals surface area contributed by atoms with Crippen LogP contribution in [-0.4, -0.2) is 100 Å². The Morgan fingerprint density at radius 3 is 2.59 bits per heavy atom. The first-order valence-electron chi connectivity index (χ1n) is 11.7. The number of aliphatic hydroxyl groups is 1. The monoisotopic (exact) mass is 450 g/mol. The van der Waals surface area contributed by atoms with Gasteiger partial charge in [-0.05, 0) is 53.4 Å². The topological polar surface area (TPSA) is 102 Å². The Labute approximate surface area is 190 Å². The number of nitrogens with zero attached hydrogens (tertiary/aromatic N) is 3. The Morgan fingerprint density at radius 2 is 1.94 bits per heavy atom. The number of aliphatic hydroxyl groups excluding tert-OH is 1. The van der Waals surface area contributed by atoms with E-state index >= 15 is 0 Å². The fourth-order valence-corrected chi connectivity index (χ4v) is 5.08. The van der Waals surface area contributed by atoms with Gasteiger partial charge in [0.05, 0.1) is 19.2 Å². The van der Waals surface area contributed by atoms with E-state index in [-0.39, 0.29) is 49.2 Å². The summed E-state index contributed by atoms with van der Waals surface area (Å²) < 4.78 is 5.40. The number of rotatable bonds is 2. The number of hydrogen-bond acceptors (Lipinski definition) is 6. The van der Waals surface area contributed by atoms with Gasteiger partial charge in [0.25, 0.3) is 0 Å². The maximum absolute atomic E-state index is 12.0. The number of carbonyl (C=O) groups is 3. The fourth-order valence-electron chi connectivity index (χ4n) is 5.08. The van der Waals surface area contributed by atoms with Crippen molar-refractivity contribution in [3.05, 3.63) is 12.2 Å². The van der Waals surface area contributed by atoms with Gasteiger partial charge in [0.1, 0.15) is 11.6 Å². The van der Waals surface area contributed by atoms with E-state index in [0.29, 0.717) is 12.6 Å². The van der Waals surface area contributed by atoms with Gasteiger partial charge < -0.3 is 25.0 Å². The summed E-state index contributed by atoms with van der Waals surface area (Å²) in [6.07, 6.45) is 7.49. The van der Waals surface area contributed by atoms with Crippen molar-refractivity contribution >= 4 is 17.9 Å². The molecule has 0 unspecified atom stereocenters. The number of piperazine rings is 2. The van der Waals surface area contributed by atoms with E-state index < -0.39 is 5.60 Å². The molecule has 4 heterocycles. The van der Waals surface area contributed by atoms with Crippen molar-refractivity contribution in [1.29, 1.82) is 0 Å². The number of allylic oxidation sites excluding steroid dienone is 1. The predicted octanol–water partition coefficient (Wildman–Crippen LogP) is 1.11. The van der Waals surface area contributed by atoms with Crippen LogP contribution in [0.1, 0.15) is 53.4 Å². The molecule has 32 heavy (non-hydrogen) atoms. The molecule has 0 aromatic heterocycles. The van der Waals surface area contributed by atoms with Crippen LogP contribution in [0.2, 0.25) is 0 Å². The summed E-state index contributed by atoms with van der Waals surface area (Å²) in [6, 6.07) is 0.584. The van der Waals surface area contributed by atoms with Crippen LogP contribution in [0.15, 0.2) is 12.2 Å². The zero-order valence-electron chi connectivity index (χ0n) is 19.7. The molecular formula is C23H38N4O5. The van der Waals surface area contributed by atoms with E-state index in [2.05, 4.69) is 10.2 Å². The summed E-state index contributed by atoms with van der Waals surface area (Å²) in [5, 5.41) is 11.9. The highest BCUT2D eigenvalue weighted by Crippen LogP contribution is 2.28. The number of nitrogens with one attached hydrogen (secondary N) is 1. The average Bonchev–Trinajstić information content (AvgIpc) is 3.34. The van der Waals surface area contributed by atoms with Gasteiger partial charge in [0.2, 0.25) is 11.8 Å². The first kappa shape index (κ1) is 24.5. The summed E-state index contributed by atoms with van der Waals surface area (Å²) in [5.74, 6) is 0.0341. The van der Waals surface area contributed by atoms with Gasteiger partial charge in [-0.2, -0.15) is 0 Å². The minimum absolute atomic E-state index is 0.00315. The van der Waals surface area contributed by atoms with Crippen LogP contribution in [0.5, 0.6) is 0 Å². The SMILES string of the molecule is CC(C)(C)OC(=O)N1CCN2[C@H](CO)CC[C@H]2C1.CC=C[C@@H]1CC[C@H]2C(=O)NCC(=O)N12. The number of hydrogen-bond donors (Lipinski definition) is 2. The molecule has 9 nitrogen and oxygen atoms in total. The van der Waals surface area contributed by atoms with Crippen LogP contribution in [0.25, 0.3) is 0 Å². The van der Waals surface area contributed by atoms with Crippen LogP contribution >= 0.6 is 0 Å². The zero-order chi connectivity index (χ0) is 23.5. The Kier molecular flexibility index (Phi) is 7.82. The summed E-state index contributed by atoms with van der Waals surface area (Å²) >= 11 is 0. The molecule has 9 heteroatoms. The van der Waals surface area contributed by atoms with E-state index in [4.69, 9.17) is 4.74 Å². The number of ether oxygens (including phenoxy) is 1. The largest absolute Gasteiger partial charge is 0.444 e. The molecule has 3 amide bonds. The van der Waals surface area contributed by atoms with E-state index in [0.717, 1.165) is 38.8 Å². The lowest BCUT2D eigenvalue weighted by Gasteiger charge is -2.39. The van der Waals surface area contributed by atoms with Crippen LogP contribution in [0.3, 0.4) is 0 Å². The second-order valence-corrected chi connectivity index (χ2v) is 9.94. The summed E-state index contributed by atoms with van der Waals surface area (Å²) in [4.78, 5) is 40.9. The minimum Gasteiger partial charge on any atom is -0.444 e. The standard InChI is InChI=1S/C13H24N2O3.C10H14N2O2/c1-13(2,3)18-12(17)14-6-7-15-10(8-14)4-5-11(15)9-16;1-2-3-7-4-5-8-10(14)11-6-9(13)12(7)8/h10-11,16H,4-9H2,1-3H3;2-3,7-8H,4-6H2,1H3,(H,11,14)/t10-,11-;7-,8+/m01/s1. The third-order valence-corrected chi connectivity index (χ3v) is 6.54. The molecule has 4 fully saturated rings. The van der Waals surface area contributed by atoms with Gasteiger partial charge in [-0.15, -0.1) is 0 Å². The molecule has 0 bridgehead atoms. The molecule has 0 aromatic carbocycles. The second-order valence-electron chi connectivity index (χ2n) is 9.94. The lowest BCUT2D eigenvalue weighted by Crippen LogP contribution is -2.57. The molecule has 0 radical (unpaired) electrons. The summed E-state index contributed by atoms with van der Waals surface area (Å²) in [5.41, 5.74) is -0.433. The average molecular weight is 451 g/mol. The number of amides is 3.